The van der Waals surface area contributed by atoms with Crippen molar-refractivity contribution in [2.75, 3.05) is 0 Å². The number of thioether (sulfide) groups is 1. The molecule has 0 saturated carbocycles. The molecule has 0 aliphatic rings. The monoisotopic (exact) mass is 368 g/mol. The van der Waals surface area contributed by atoms with E-state index in [9.17, 15) is 9.90 Å². The van der Waals surface area contributed by atoms with E-state index in [1.54, 1.807) is 6.92 Å². The van der Waals surface area contributed by atoms with E-state index < -0.39 is 11.2 Å². The molecule has 3 rings (SSSR count). The van der Waals surface area contributed by atoms with E-state index in [1.807, 2.05) is 66.1 Å². The van der Waals surface area contributed by atoms with Crippen LogP contribution in [0, 0.1) is 6.92 Å². The predicted octanol–water partition coefficient (Wildman–Crippen LogP) is 2.39. The number of para-hydroxylation sites is 1. The molecule has 0 aliphatic carbocycles. The molecule has 0 unspecified atom stereocenters. The minimum Gasteiger partial charge on any atom is -0.549 e. The predicted molar refractivity (Wildman–Crippen MR) is 97.2 cm³/mol. The molecule has 0 saturated heterocycles. The number of nitrogens with zero attached hydrogens (tertiary/aromatic N) is 3. The quantitative estimate of drug-likeness (QED) is 0.596. The van der Waals surface area contributed by atoms with Crippen LogP contribution in [-0.2, 0) is 11.4 Å². The summed E-state index contributed by atoms with van der Waals surface area (Å²) in [5, 5.41) is 19.2. The maximum atomic E-state index is 11.1. The highest BCUT2D eigenvalue weighted by atomic mass is 32.2. The number of carboxylic acid groups (broad SMARTS) is 1. The molecule has 1 atom stereocenters. The number of aryl methyl sites for hydroxylation is 1. The number of hydrogen-bond donors (Lipinski definition) is 0. The van der Waals surface area contributed by atoms with Gasteiger partial charge in [0, 0.05) is 10.9 Å². The van der Waals surface area contributed by atoms with Crippen LogP contribution in [0.1, 0.15) is 18.3 Å². The van der Waals surface area contributed by atoms with Crippen molar-refractivity contribution in [2.24, 2.45) is 0 Å². The van der Waals surface area contributed by atoms with Gasteiger partial charge in [-0.15, -0.1) is 10.2 Å². The SMILES string of the molecule is Cc1ccc(-n2c(COc3ccccc3)nnc2S[C@H](C)C(=O)[O-])cc1. The van der Waals surface area contributed by atoms with Crippen LogP contribution >= 0.6 is 11.8 Å². The van der Waals surface area contributed by atoms with Crippen molar-refractivity contribution in [1.29, 1.82) is 0 Å². The Kier molecular flexibility index (Phi) is 5.58. The van der Waals surface area contributed by atoms with Gasteiger partial charge in [0.05, 0.1) is 5.97 Å². The van der Waals surface area contributed by atoms with Gasteiger partial charge in [-0.2, -0.15) is 0 Å². The fraction of sp³-hybridized carbons (Fsp3) is 0.211. The van der Waals surface area contributed by atoms with Gasteiger partial charge < -0.3 is 14.6 Å². The summed E-state index contributed by atoms with van der Waals surface area (Å²) in [6.45, 7) is 3.78. The van der Waals surface area contributed by atoms with Gasteiger partial charge in [-0.3, -0.25) is 4.57 Å². The lowest BCUT2D eigenvalue weighted by Crippen LogP contribution is -2.31. The van der Waals surface area contributed by atoms with Crippen molar-refractivity contribution in [3.05, 3.63) is 66.0 Å². The average Bonchev–Trinajstić information content (AvgIpc) is 3.04. The van der Waals surface area contributed by atoms with Gasteiger partial charge in [0.15, 0.2) is 11.0 Å². The van der Waals surface area contributed by atoms with E-state index in [4.69, 9.17) is 4.74 Å². The lowest BCUT2D eigenvalue weighted by atomic mass is 10.2. The fourth-order valence-corrected chi connectivity index (χ4v) is 3.11. The van der Waals surface area contributed by atoms with E-state index in [0.717, 1.165) is 28.8 Å². The number of aliphatic carboxylic acids is 1. The van der Waals surface area contributed by atoms with Crippen molar-refractivity contribution in [1.82, 2.24) is 14.8 Å². The Morgan fingerprint density at radius 2 is 1.85 bits per heavy atom. The van der Waals surface area contributed by atoms with Gasteiger partial charge in [-0.05, 0) is 38.1 Å². The summed E-state index contributed by atoms with van der Waals surface area (Å²) < 4.78 is 7.59. The molecule has 1 aromatic heterocycles. The normalized spacial score (nSPS) is 11.9. The molecule has 2 aromatic carbocycles. The molecule has 0 fully saturated rings. The number of benzene rings is 2. The number of carbonyl (C=O) groups is 1. The summed E-state index contributed by atoms with van der Waals surface area (Å²) in [6, 6.07) is 17.3. The van der Waals surface area contributed by atoms with E-state index >= 15 is 0 Å². The number of carbonyl (C=O) groups excluding carboxylic acids is 1. The number of carboxylic acids is 1. The second kappa shape index (κ2) is 8.05. The molecule has 0 aliphatic heterocycles. The van der Waals surface area contributed by atoms with Crippen molar-refractivity contribution in [2.45, 2.75) is 30.9 Å². The Bertz CT molecular complexity index is 879. The third-order valence-electron chi connectivity index (χ3n) is 3.72. The highest BCUT2D eigenvalue weighted by molar-refractivity contribution is 8.00. The summed E-state index contributed by atoms with van der Waals surface area (Å²) in [5.74, 6) is 0.171. The van der Waals surface area contributed by atoms with Crippen LogP contribution in [0.5, 0.6) is 5.75 Å². The van der Waals surface area contributed by atoms with Crippen molar-refractivity contribution in [3.63, 3.8) is 0 Å². The molecule has 0 bridgehead atoms. The molecular weight excluding hydrogens is 350 g/mol. The molecule has 134 valence electrons. The second-order valence-corrected chi connectivity index (χ2v) is 7.06. The van der Waals surface area contributed by atoms with Crippen molar-refractivity contribution >= 4 is 17.7 Å². The van der Waals surface area contributed by atoms with Crippen LogP contribution in [0.15, 0.2) is 59.8 Å². The topological polar surface area (TPSA) is 80.1 Å². The Labute approximate surface area is 155 Å². The Hall–Kier alpha value is -2.80. The summed E-state index contributed by atoms with van der Waals surface area (Å²) >= 11 is 1.09. The highest BCUT2D eigenvalue weighted by Gasteiger charge is 2.18. The summed E-state index contributed by atoms with van der Waals surface area (Å²) in [4.78, 5) is 11.1. The van der Waals surface area contributed by atoms with Gasteiger partial charge >= 0.3 is 0 Å². The first-order chi connectivity index (χ1) is 12.5. The second-order valence-electron chi connectivity index (χ2n) is 5.75. The smallest absolute Gasteiger partial charge is 0.196 e. The lowest BCUT2D eigenvalue weighted by Gasteiger charge is -2.14. The minimum atomic E-state index is -1.14. The van der Waals surface area contributed by atoms with E-state index in [0.29, 0.717) is 11.0 Å². The Morgan fingerprint density at radius 3 is 2.50 bits per heavy atom. The largest absolute Gasteiger partial charge is 0.549 e. The third-order valence-corrected chi connectivity index (χ3v) is 4.74. The van der Waals surface area contributed by atoms with Crippen LogP contribution < -0.4 is 9.84 Å². The van der Waals surface area contributed by atoms with E-state index in [2.05, 4.69) is 10.2 Å². The highest BCUT2D eigenvalue weighted by Crippen LogP contribution is 2.26. The summed E-state index contributed by atoms with van der Waals surface area (Å²) in [6.07, 6.45) is 0. The summed E-state index contributed by atoms with van der Waals surface area (Å²) in [7, 11) is 0. The van der Waals surface area contributed by atoms with Gasteiger partial charge in [-0.1, -0.05) is 47.7 Å². The zero-order valence-electron chi connectivity index (χ0n) is 14.5. The maximum Gasteiger partial charge on any atom is 0.196 e. The molecule has 0 spiro atoms. The van der Waals surface area contributed by atoms with Gasteiger partial charge in [-0.25, -0.2) is 0 Å². The molecule has 1 heterocycles. The number of aromatic nitrogens is 3. The molecular formula is C19H18N3O3S-. The van der Waals surface area contributed by atoms with Gasteiger partial charge in [0.1, 0.15) is 12.4 Å². The molecule has 0 radical (unpaired) electrons. The van der Waals surface area contributed by atoms with Crippen molar-refractivity contribution < 1.29 is 14.6 Å². The molecule has 6 nitrogen and oxygen atoms in total. The molecule has 3 aromatic rings. The van der Waals surface area contributed by atoms with Crippen LogP contribution in [0.4, 0.5) is 0 Å². The first-order valence-electron chi connectivity index (χ1n) is 8.11. The Morgan fingerprint density at radius 1 is 1.15 bits per heavy atom. The maximum absolute atomic E-state index is 11.1. The number of ether oxygens (including phenoxy) is 1. The fourth-order valence-electron chi connectivity index (χ4n) is 2.29. The molecule has 0 N–H and O–H groups in total. The summed E-state index contributed by atoms with van der Waals surface area (Å²) in [5.41, 5.74) is 1.97. The standard InChI is InChI=1S/C19H19N3O3S/c1-13-8-10-15(11-9-13)22-17(12-25-16-6-4-3-5-7-16)20-21-19(22)26-14(2)18(23)24/h3-11,14H,12H2,1-2H3,(H,23,24)/p-1/t14-/m1/s1. The minimum absolute atomic E-state index is 0.213. The zero-order chi connectivity index (χ0) is 18.5. The van der Waals surface area contributed by atoms with Crippen molar-refractivity contribution in [3.8, 4) is 11.4 Å². The lowest BCUT2D eigenvalue weighted by molar-refractivity contribution is -0.304. The first kappa shape index (κ1) is 18.0. The Balaban J connectivity index is 1.91. The van der Waals surface area contributed by atoms with E-state index in [1.165, 1.54) is 0 Å². The van der Waals surface area contributed by atoms with E-state index in [-0.39, 0.29) is 6.61 Å². The van der Waals surface area contributed by atoms with Crippen LogP contribution in [0.25, 0.3) is 5.69 Å². The van der Waals surface area contributed by atoms with Crippen LogP contribution in [0.2, 0.25) is 0 Å². The average molecular weight is 368 g/mol. The third kappa shape index (κ3) is 4.23. The first-order valence-corrected chi connectivity index (χ1v) is 8.99. The van der Waals surface area contributed by atoms with Gasteiger partial charge in [0.25, 0.3) is 0 Å². The number of rotatable bonds is 7. The zero-order valence-corrected chi connectivity index (χ0v) is 15.3. The molecule has 0 amide bonds. The molecule has 7 heteroatoms. The van der Waals surface area contributed by atoms with Crippen LogP contribution in [-0.4, -0.2) is 26.0 Å². The van der Waals surface area contributed by atoms with Gasteiger partial charge in [0.2, 0.25) is 0 Å². The number of hydrogen-bond acceptors (Lipinski definition) is 6. The molecule has 26 heavy (non-hydrogen) atoms. The van der Waals surface area contributed by atoms with Crippen LogP contribution in [0.3, 0.4) is 0 Å².